The molecule has 1 aliphatic rings. The summed E-state index contributed by atoms with van der Waals surface area (Å²) in [4.78, 5) is 8.98. The van der Waals surface area contributed by atoms with Crippen LogP contribution < -0.4 is 10.6 Å². The summed E-state index contributed by atoms with van der Waals surface area (Å²) >= 11 is 3.57. The van der Waals surface area contributed by atoms with E-state index >= 15 is 0 Å². The lowest BCUT2D eigenvalue weighted by Crippen LogP contribution is -2.33. The van der Waals surface area contributed by atoms with E-state index < -0.39 is 0 Å². The van der Waals surface area contributed by atoms with Gasteiger partial charge in [-0.15, -0.1) is 0 Å². The highest BCUT2D eigenvalue weighted by molar-refractivity contribution is 9.10. The number of aromatic nitrogens is 4. The molecule has 2 atom stereocenters. The molecule has 3 heterocycles. The fraction of sp³-hybridized carbons (Fsp3) is 0.381. The van der Waals surface area contributed by atoms with E-state index in [1.54, 1.807) is 12.4 Å². The highest BCUT2D eigenvalue weighted by Gasteiger charge is 2.26. The van der Waals surface area contributed by atoms with E-state index in [0.29, 0.717) is 18.5 Å². The molecule has 1 aliphatic carbocycles. The topological polar surface area (TPSA) is 67.1 Å². The first-order valence-electron chi connectivity index (χ1n) is 9.71. The van der Waals surface area contributed by atoms with Crippen molar-refractivity contribution < 1.29 is 0 Å². The third-order valence-electron chi connectivity index (χ3n) is 5.36. The van der Waals surface area contributed by atoms with Crippen LogP contribution in [0, 0.1) is 5.92 Å². The van der Waals surface area contributed by atoms with Crippen LogP contribution in [0.5, 0.6) is 0 Å². The number of halogens is 1. The summed E-state index contributed by atoms with van der Waals surface area (Å²) in [6.45, 7) is 7.01. The lowest BCUT2D eigenvalue weighted by atomic mass is 9.80. The van der Waals surface area contributed by atoms with Crippen molar-refractivity contribution in [2.75, 3.05) is 10.6 Å². The summed E-state index contributed by atoms with van der Waals surface area (Å²) in [5.41, 5.74) is 3.16. The minimum Gasteiger partial charge on any atom is -0.367 e. The summed E-state index contributed by atoms with van der Waals surface area (Å²) in [5.74, 6) is 2.25. The fourth-order valence-electron chi connectivity index (χ4n) is 3.91. The molecule has 0 bridgehead atoms. The van der Waals surface area contributed by atoms with Gasteiger partial charge in [0, 0.05) is 31.0 Å². The predicted octanol–water partition coefficient (Wildman–Crippen LogP) is 5.05. The maximum absolute atomic E-state index is 4.80. The predicted molar refractivity (Wildman–Crippen MR) is 116 cm³/mol. The molecule has 3 aromatic rings. The van der Waals surface area contributed by atoms with Crippen LogP contribution in [0.3, 0.4) is 0 Å². The van der Waals surface area contributed by atoms with Crippen LogP contribution >= 0.6 is 15.9 Å². The summed E-state index contributed by atoms with van der Waals surface area (Å²) in [6, 6.07) is 6.40. The van der Waals surface area contributed by atoms with E-state index in [9.17, 15) is 0 Å². The van der Waals surface area contributed by atoms with Crippen LogP contribution in [-0.2, 0) is 6.54 Å². The van der Waals surface area contributed by atoms with Crippen LogP contribution in [0.2, 0.25) is 0 Å². The summed E-state index contributed by atoms with van der Waals surface area (Å²) in [7, 11) is 0. The van der Waals surface area contributed by atoms with Crippen molar-refractivity contribution in [3.05, 3.63) is 59.0 Å². The van der Waals surface area contributed by atoms with Gasteiger partial charge in [-0.3, -0.25) is 4.98 Å². The second-order valence-electron chi connectivity index (χ2n) is 7.46. The summed E-state index contributed by atoms with van der Waals surface area (Å²) < 4.78 is 2.70. The van der Waals surface area contributed by atoms with Gasteiger partial charge in [0.1, 0.15) is 11.6 Å². The first-order chi connectivity index (χ1) is 13.6. The van der Waals surface area contributed by atoms with Crippen molar-refractivity contribution in [1.82, 2.24) is 19.6 Å². The largest absolute Gasteiger partial charge is 0.367 e. The van der Waals surface area contributed by atoms with Crippen molar-refractivity contribution in [3.63, 3.8) is 0 Å². The van der Waals surface area contributed by atoms with Gasteiger partial charge in [0.05, 0.1) is 10.7 Å². The van der Waals surface area contributed by atoms with Crippen molar-refractivity contribution in [2.45, 2.75) is 45.2 Å². The number of fused-ring (bicyclic) bond motifs is 1. The monoisotopic (exact) mass is 440 g/mol. The Morgan fingerprint density at radius 2 is 2.18 bits per heavy atom. The number of hydrogen-bond donors (Lipinski definition) is 2. The molecular weight excluding hydrogens is 416 g/mol. The molecule has 0 amide bonds. The molecule has 0 radical (unpaired) electrons. The van der Waals surface area contributed by atoms with Gasteiger partial charge < -0.3 is 10.6 Å². The van der Waals surface area contributed by atoms with Crippen LogP contribution in [0.15, 0.2) is 53.4 Å². The van der Waals surface area contributed by atoms with Crippen LogP contribution in [0.25, 0.3) is 5.65 Å². The van der Waals surface area contributed by atoms with Crippen LogP contribution in [-0.4, -0.2) is 25.6 Å². The van der Waals surface area contributed by atoms with Gasteiger partial charge >= 0.3 is 0 Å². The van der Waals surface area contributed by atoms with E-state index in [2.05, 4.69) is 56.2 Å². The Morgan fingerprint density at radius 1 is 1.32 bits per heavy atom. The number of anilines is 2. The lowest BCUT2D eigenvalue weighted by molar-refractivity contribution is 0.366. The molecule has 6 nitrogen and oxygen atoms in total. The maximum atomic E-state index is 4.80. The molecule has 0 spiro atoms. The van der Waals surface area contributed by atoms with Crippen LogP contribution in [0.4, 0.5) is 11.6 Å². The zero-order chi connectivity index (χ0) is 19.5. The normalized spacial score (nSPS) is 19.5. The molecule has 28 heavy (non-hydrogen) atoms. The van der Waals surface area contributed by atoms with Crippen molar-refractivity contribution in [2.24, 2.45) is 5.92 Å². The van der Waals surface area contributed by atoms with E-state index in [1.807, 2.05) is 22.8 Å². The third-order valence-corrected chi connectivity index (χ3v) is 5.92. The molecule has 0 aliphatic heterocycles. The Bertz CT molecular complexity index is 968. The zero-order valence-corrected chi connectivity index (χ0v) is 17.6. The Morgan fingerprint density at radius 3 is 2.96 bits per heavy atom. The SMILES string of the molecule is C=C(C)[C@@H]1CCCC[C@H]1Nc1cc(NCc2cccnc2)n2ncc(Br)c2n1. The Balaban J connectivity index is 1.61. The number of nitrogens with zero attached hydrogens (tertiary/aromatic N) is 4. The molecule has 0 aromatic carbocycles. The minimum atomic E-state index is 0.370. The summed E-state index contributed by atoms with van der Waals surface area (Å²) in [5, 5.41) is 11.6. The van der Waals surface area contributed by atoms with Crippen LogP contribution in [0.1, 0.15) is 38.2 Å². The quantitative estimate of drug-likeness (QED) is 0.525. The standard InChI is InChI=1S/C21H25BrN6/c1-14(2)16-7-3-4-8-18(16)26-19-10-20(24-12-15-6-5-9-23-11-15)28-21(27-19)17(22)13-25-28/h5-6,9-11,13,16,18,24H,1,3-4,7-8,12H2,2H3,(H,26,27)/t16-,18+/m0/s1. The first-order valence-corrected chi connectivity index (χ1v) is 10.5. The average molecular weight is 441 g/mol. The zero-order valence-electron chi connectivity index (χ0n) is 16.0. The Labute approximate surface area is 173 Å². The van der Waals surface area contributed by atoms with Crippen molar-refractivity contribution in [1.29, 1.82) is 0 Å². The Hall–Kier alpha value is -2.41. The van der Waals surface area contributed by atoms with Gasteiger partial charge in [-0.05, 0) is 53.2 Å². The number of rotatable bonds is 6. The smallest absolute Gasteiger partial charge is 0.173 e. The van der Waals surface area contributed by atoms with E-state index in [0.717, 1.165) is 33.7 Å². The van der Waals surface area contributed by atoms with Gasteiger partial charge in [0.2, 0.25) is 0 Å². The van der Waals surface area contributed by atoms with Crippen molar-refractivity contribution >= 4 is 33.2 Å². The highest BCUT2D eigenvalue weighted by Crippen LogP contribution is 2.32. The second-order valence-corrected chi connectivity index (χ2v) is 8.31. The van der Waals surface area contributed by atoms with E-state index in [-0.39, 0.29) is 0 Å². The molecule has 0 unspecified atom stereocenters. The van der Waals surface area contributed by atoms with Gasteiger partial charge in [-0.25, -0.2) is 4.98 Å². The maximum Gasteiger partial charge on any atom is 0.173 e. The molecule has 4 rings (SSSR count). The molecule has 0 saturated heterocycles. The van der Waals surface area contributed by atoms with E-state index in [1.165, 1.54) is 24.8 Å². The Kier molecular flexibility index (Phi) is 5.62. The van der Waals surface area contributed by atoms with Crippen molar-refractivity contribution in [3.8, 4) is 0 Å². The molecule has 3 aromatic heterocycles. The average Bonchev–Trinajstić information content (AvgIpc) is 3.08. The third kappa shape index (κ3) is 4.04. The van der Waals surface area contributed by atoms with Gasteiger partial charge in [0.15, 0.2) is 5.65 Å². The molecule has 146 valence electrons. The molecule has 1 fully saturated rings. The highest BCUT2D eigenvalue weighted by atomic mass is 79.9. The van der Waals surface area contributed by atoms with Gasteiger partial charge in [-0.1, -0.05) is 31.1 Å². The first kappa shape index (κ1) is 18.9. The second kappa shape index (κ2) is 8.31. The molecule has 2 N–H and O–H groups in total. The fourth-order valence-corrected chi connectivity index (χ4v) is 4.26. The molecule has 1 saturated carbocycles. The van der Waals surface area contributed by atoms with E-state index in [4.69, 9.17) is 4.98 Å². The molecular formula is C21H25BrN6. The summed E-state index contributed by atoms with van der Waals surface area (Å²) in [6.07, 6.45) is 10.3. The number of nitrogens with one attached hydrogen (secondary N) is 2. The van der Waals surface area contributed by atoms with Gasteiger partial charge in [0.25, 0.3) is 0 Å². The minimum absolute atomic E-state index is 0.370. The number of hydrogen-bond acceptors (Lipinski definition) is 5. The number of pyridine rings is 1. The van der Waals surface area contributed by atoms with Gasteiger partial charge in [-0.2, -0.15) is 9.61 Å². The lowest BCUT2D eigenvalue weighted by Gasteiger charge is -2.33. The molecule has 7 heteroatoms.